The van der Waals surface area contributed by atoms with Gasteiger partial charge < -0.3 is 9.15 Å². The molecule has 27 heavy (non-hydrogen) atoms. The van der Waals surface area contributed by atoms with Crippen LogP contribution in [-0.2, 0) is 6.42 Å². The number of aromatic nitrogens is 1. The van der Waals surface area contributed by atoms with Crippen molar-refractivity contribution in [2.75, 3.05) is 7.11 Å². The average molecular weight is 381 g/mol. The van der Waals surface area contributed by atoms with Crippen molar-refractivity contribution in [3.05, 3.63) is 59.4 Å². The fourth-order valence-corrected chi connectivity index (χ4v) is 3.00. The summed E-state index contributed by atoms with van der Waals surface area (Å²) in [5.41, 5.74) is 2.72. The summed E-state index contributed by atoms with van der Waals surface area (Å²) in [5.74, 6) is 2.25. The van der Waals surface area contributed by atoms with Crippen LogP contribution >= 0.6 is 11.6 Å². The van der Waals surface area contributed by atoms with Gasteiger partial charge in [0, 0.05) is 29.0 Å². The van der Waals surface area contributed by atoms with Crippen molar-refractivity contribution in [1.82, 2.24) is 4.98 Å². The molecule has 0 aliphatic heterocycles. The fraction of sp³-hybridized carbons (Fsp3) is 0.273. The number of rotatable bonds is 8. The van der Waals surface area contributed by atoms with Crippen molar-refractivity contribution >= 4 is 11.6 Å². The zero-order chi connectivity index (χ0) is 19.1. The highest BCUT2D eigenvalue weighted by molar-refractivity contribution is 6.30. The number of oxazole rings is 1. The summed E-state index contributed by atoms with van der Waals surface area (Å²) in [7, 11) is 1.65. The lowest BCUT2D eigenvalue weighted by Gasteiger charge is -2.03. The largest absolute Gasteiger partial charge is 0.497 e. The van der Waals surface area contributed by atoms with Gasteiger partial charge in [0.05, 0.1) is 13.2 Å². The minimum absolute atomic E-state index is 0.596. The minimum atomic E-state index is 0.596. The van der Waals surface area contributed by atoms with E-state index in [9.17, 15) is 0 Å². The van der Waals surface area contributed by atoms with Crippen molar-refractivity contribution in [3.63, 3.8) is 0 Å². The van der Waals surface area contributed by atoms with E-state index in [1.807, 2.05) is 48.5 Å². The summed E-state index contributed by atoms with van der Waals surface area (Å²) >= 11 is 6.02. The van der Waals surface area contributed by atoms with Gasteiger partial charge in [0.15, 0.2) is 11.7 Å². The lowest BCUT2D eigenvalue weighted by Crippen LogP contribution is -1.87. The van der Waals surface area contributed by atoms with Gasteiger partial charge in [-0.05, 0) is 61.4 Å². The SMILES string of the molecule is COc1ccc(-c2nc(CCCCCC#N)oc2-c2ccc(Cl)cc2)cc1. The van der Waals surface area contributed by atoms with Crippen LogP contribution in [0.4, 0.5) is 0 Å². The van der Waals surface area contributed by atoms with Crippen molar-refractivity contribution in [2.45, 2.75) is 32.1 Å². The molecule has 3 aromatic rings. The maximum absolute atomic E-state index is 8.63. The molecule has 2 aromatic carbocycles. The van der Waals surface area contributed by atoms with Crippen molar-refractivity contribution in [1.29, 1.82) is 5.26 Å². The van der Waals surface area contributed by atoms with Gasteiger partial charge in [-0.1, -0.05) is 18.0 Å². The van der Waals surface area contributed by atoms with Gasteiger partial charge in [-0.3, -0.25) is 0 Å². The normalized spacial score (nSPS) is 10.6. The Morgan fingerprint density at radius 1 is 1.00 bits per heavy atom. The Bertz CT molecular complexity index is 909. The average Bonchev–Trinajstić information content (AvgIpc) is 3.12. The molecule has 0 aliphatic rings. The number of nitrogens with zero attached hydrogens (tertiary/aromatic N) is 2. The van der Waals surface area contributed by atoms with E-state index in [4.69, 9.17) is 31.0 Å². The molecule has 0 N–H and O–H groups in total. The van der Waals surface area contributed by atoms with Gasteiger partial charge in [0.1, 0.15) is 11.4 Å². The molecular formula is C22H21ClN2O2. The van der Waals surface area contributed by atoms with Crippen LogP contribution in [0.1, 0.15) is 31.6 Å². The lowest BCUT2D eigenvalue weighted by molar-refractivity contribution is 0.415. The van der Waals surface area contributed by atoms with E-state index < -0.39 is 0 Å². The summed E-state index contributed by atoms with van der Waals surface area (Å²) in [6.07, 6.45) is 4.20. The minimum Gasteiger partial charge on any atom is -0.497 e. The third kappa shape index (κ3) is 4.90. The number of ether oxygens (including phenoxy) is 1. The lowest BCUT2D eigenvalue weighted by atomic mass is 10.1. The predicted octanol–water partition coefficient (Wildman–Crippen LogP) is 6.30. The Hall–Kier alpha value is -2.77. The smallest absolute Gasteiger partial charge is 0.195 e. The van der Waals surface area contributed by atoms with Crippen LogP contribution in [0.25, 0.3) is 22.6 Å². The molecule has 0 atom stereocenters. The maximum atomic E-state index is 8.63. The van der Waals surface area contributed by atoms with E-state index in [0.717, 1.165) is 54.0 Å². The van der Waals surface area contributed by atoms with Gasteiger partial charge in [-0.2, -0.15) is 5.26 Å². The highest BCUT2D eigenvalue weighted by atomic mass is 35.5. The van der Waals surface area contributed by atoms with Gasteiger partial charge >= 0.3 is 0 Å². The van der Waals surface area contributed by atoms with Crippen LogP contribution in [-0.4, -0.2) is 12.1 Å². The van der Waals surface area contributed by atoms with E-state index in [-0.39, 0.29) is 0 Å². The second-order valence-corrected chi connectivity index (χ2v) is 6.68. The van der Waals surface area contributed by atoms with E-state index in [1.165, 1.54) is 0 Å². The molecule has 3 rings (SSSR count). The fourth-order valence-electron chi connectivity index (χ4n) is 2.87. The first kappa shape index (κ1) is 19.0. The Balaban J connectivity index is 1.88. The van der Waals surface area contributed by atoms with Crippen LogP contribution in [0.3, 0.4) is 0 Å². The molecule has 0 bridgehead atoms. The first-order valence-electron chi connectivity index (χ1n) is 8.98. The number of nitriles is 1. The van der Waals surface area contributed by atoms with Crippen LogP contribution in [0.5, 0.6) is 5.75 Å². The van der Waals surface area contributed by atoms with Crippen LogP contribution in [0, 0.1) is 11.3 Å². The summed E-state index contributed by atoms with van der Waals surface area (Å²) < 4.78 is 11.4. The zero-order valence-corrected chi connectivity index (χ0v) is 16.0. The molecule has 0 saturated carbocycles. The molecular weight excluding hydrogens is 360 g/mol. The first-order chi connectivity index (χ1) is 13.2. The number of aryl methyl sites for hydroxylation is 1. The molecule has 0 aliphatic carbocycles. The Morgan fingerprint density at radius 2 is 1.70 bits per heavy atom. The van der Waals surface area contributed by atoms with Gasteiger partial charge in [-0.15, -0.1) is 0 Å². The van der Waals surface area contributed by atoms with Crippen LogP contribution in [0.2, 0.25) is 5.02 Å². The number of unbranched alkanes of at least 4 members (excludes halogenated alkanes) is 3. The number of halogens is 1. The van der Waals surface area contributed by atoms with Gasteiger partial charge in [-0.25, -0.2) is 4.98 Å². The molecule has 4 nitrogen and oxygen atoms in total. The van der Waals surface area contributed by atoms with Gasteiger partial charge in [0.25, 0.3) is 0 Å². The molecule has 0 saturated heterocycles. The Labute approximate surface area is 164 Å². The van der Waals surface area contributed by atoms with E-state index >= 15 is 0 Å². The zero-order valence-electron chi connectivity index (χ0n) is 15.2. The quantitative estimate of drug-likeness (QED) is 0.430. The van der Waals surface area contributed by atoms with Crippen LogP contribution < -0.4 is 4.74 Å². The Kier molecular flexibility index (Phi) is 6.51. The monoisotopic (exact) mass is 380 g/mol. The second-order valence-electron chi connectivity index (χ2n) is 6.24. The molecule has 1 aromatic heterocycles. The predicted molar refractivity (Wildman–Crippen MR) is 107 cm³/mol. The molecule has 1 heterocycles. The molecule has 0 radical (unpaired) electrons. The van der Waals surface area contributed by atoms with Gasteiger partial charge in [0.2, 0.25) is 0 Å². The van der Waals surface area contributed by atoms with E-state index in [2.05, 4.69) is 6.07 Å². The molecule has 0 fully saturated rings. The molecule has 5 heteroatoms. The molecule has 0 amide bonds. The standard InChI is InChI=1S/C22H21ClN2O2/c1-26-19-13-9-16(10-14-19)21-22(17-7-11-18(23)12-8-17)27-20(25-21)6-4-2-3-5-15-24/h7-14H,2-6H2,1H3. The van der Waals surface area contributed by atoms with Crippen molar-refractivity contribution in [2.24, 2.45) is 0 Å². The summed E-state index contributed by atoms with van der Waals surface area (Å²) in [6, 6.07) is 17.5. The number of methoxy groups -OCH3 is 1. The maximum Gasteiger partial charge on any atom is 0.195 e. The van der Waals surface area contributed by atoms with E-state index in [0.29, 0.717) is 17.3 Å². The van der Waals surface area contributed by atoms with Crippen molar-refractivity contribution < 1.29 is 9.15 Å². The topological polar surface area (TPSA) is 59.0 Å². The summed E-state index contributed by atoms with van der Waals surface area (Å²) in [5, 5.41) is 9.31. The molecule has 0 unspecified atom stereocenters. The Morgan fingerprint density at radius 3 is 2.37 bits per heavy atom. The third-order valence-corrected chi connectivity index (χ3v) is 4.57. The molecule has 138 valence electrons. The number of hydrogen-bond acceptors (Lipinski definition) is 4. The number of benzene rings is 2. The summed E-state index contributed by atoms with van der Waals surface area (Å²) in [6.45, 7) is 0. The highest BCUT2D eigenvalue weighted by Gasteiger charge is 2.17. The third-order valence-electron chi connectivity index (χ3n) is 4.32. The first-order valence-corrected chi connectivity index (χ1v) is 9.36. The summed E-state index contributed by atoms with van der Waals surface area (Å²) in [4.78, 5) is 4.75. The second kappa shape index (κ2) is 9.25. The van der Waals surface area contributed by atoms with Crippen LogP contribution in [0.15, 0.2) is 52.9 Å². The highest BCUT2D eigenvalue weighted by Crippen LogP contribution is 2.34. The van der Waals surface area contributed by atoms with Crippen molar-refractivity contribution in [3.8, 4) is 34.4 Å². The molecule has 0 spiro atoms. The van der Waals surface area contributed by atoms with E-state index in [1.54, 1.807) is 7.11 Å². The number of hydrogen-bond donors (Lipinski definition) is 0.